The molecule has 1 heterocycles. The van der Waals surface area contributed by atoms with E-state index in [4.69, 9.17) is 15.6 Å². The number of carbonyl (C=O) groups is 1. The zero-order chi connectivity index (χ0) is 13.6. The predicted molar refractivity (Wildman–Crippen MR) is 53.3 cm³/mol. The molecular weight excluding hydrogens is 244 g/mol. The molecular formula is C9H16F4N2O2. The molecule has 17 heavy (non-hydrogen) atoms. The molecule has 3 N–H and O–H groups in total. The topological polar surface area (TPSA) is 66.6 Å². The monoisotopic (exact) mass is 260 g/mol. The molecule has 4 nitrogen and oxygen atoms in total. The summed E-state index contributed by atoms with van der Waals surface area (Å²) in [5.74, 6) is -2.76. The lowest BCUT2D eigenvalue weighted by Crippen LogP contribution is -2.31. The molecule has 8 heteroatoms. The van der Waals surface area contributed by atoms with Crippen LogP contribution in [0.4, 0.5) is 17.6 Å². The fourth-order valence-electron chi connectivity index (χ4n) is 1.56. The first-order chi connectivity index (χ1) is 7.68. The Labute approximate surface area is 96.4 Å². The van der Waals surface area contributed by atoms with Crippen LogP contribution in [0.25, 0.3) is 0 Å². The Morgan fingerprint density at radius 1 is 1.53 bits per heavy atom. The highest BCUT2D eigenvalue weighted by Crippen LogP contribution is 2.14. The summed E-state index contributed by atoms with van der Waals surface area (Å²) in [6, 6.07) is 0.743. The molecule has 0 aromatic heterocycles. The van der Waals surface area contributed by atoms with Crippen LogP contribution in [0.3, 0.4) is 0 Å². The Balaban J connectivity index is 0.000000325. The molecule has 0 aromatic rings. The number of rotatable bonds is 2. The summed E-state index contributed by atoms with van der Waals surface area (Å²) < 4.78 is 43.6. The maximum absolute atomic E-state index is 11.9. The van der Waals surface area contributed by atoms with Gasteiger partial charge in [0.25, 0.3) is 0 Å². The zero-order valence-electron chi connectivity index (χ0n) is 9.38. The Morgan fingerprint density at radius 3 is 2.24 bits per heavy atom. The lowest BCUT2D eigenvalue weighted by atomic mass is 10.2. The summed E-state index contributed by atoms with van der Waals surface area (Å²) in [4.78, 5) is 11.0. The van der Waals surface area contributed by atoms with Crippen LogP contribution in [0.5, 0.6) is 0 Å². The van der Waals surface area contributed by atoms with Crippen LogP contribution in [0.15, 0.2) is 0 Å². The van der Waals surface area contributed by atoms with Crippen molar-refractivity contribution in [3.63, 3.8) is 0 Å². The zero-order valence-corrected chi connectivity index (χ0v) is 9.38. The summed E-state index contributed by atoms with van der Waals surface area (Å²) in [5.41, 5.74) is 5.68. The van der Waals surface area contributed by atoms with Crippen LogP contribution in [-0.4, -0.2) is 54.0 Å². The van der Waals surface area contributed by atoms with Crippen molar-refractivity contribution in [2.75, 3.05) is 19.8 Å². The number of alkyl halides is 4. The number of nitrogens with zero attached hydrogens (tertiary/aromatic N) is 1. The molecule has 1 fully saturated rings. The molecule has 0 saturated carbocycles. The molecule has 0 bridgehead atoms. The Morgan fingerprint density at radius 2 is 2.00 bits per heavy atom. The van der Waals surface area contributed by atoms with E-state index in [0.717, 1.165) is 13.0 Å². The van der Waals surface area contributed by atoms with E-state index in [2.05, 4.69) is 11.8 Å². The molecule has 1 rings (SSSR count). The molecule has 0 spiro atoms. The second kappa shape index (κ2) is 6.75. The van der Waals surface area contributed by atoms with Crippen LogP contribution >= 0.6 is 0 Å². The summed E-state index contributed by atoms with van der Waals surface area (Å²) in [6.45, 7) is 3.26. The summed E-state index contributed by atoms with van der Waals surface area (Å²) in [5, 5.41) is 7.12. The van der Waals surface area contributed by atoms with Crippen molar-refractivity contribution in [3.8, 4) is 0 Å². The van der Waals surface area contributed by atoms with E-state index in [1.54, 1.807) is 0 Å². The first-order valence-electron chi connectivity index (χ1n) is 5.04. The standard InChI is InChI=1S/C7H15FN2.C2HF3O2/c1-6-4-7(9)5-10(6)3-2-8;3-2(4,5)1(6)7/h6-7H,2-5,9H2,1H3;(H,6,7). The Hall–Kier alpha value is -0.890. The van der Waals surface area contributed by atoms with Gasteiger partial charge in [0.15, 0.2) is 0 Å². The molecule has 1 aliphatic heterocycles. The van der Waals surface area contributed by atoms with Crippen LogP contribution in [-0.2, 0) is 4.79 Å². The van der Waals surface area contributed by atoms with Crippen molar-refractivity contribution in [2.24, 2.45) is 5.73 Å². The molecule has 102 valence electrons. The van der Waals surface area contributed by atoms with Crippen LogP contribution in [0.1, 0.15) is 13.3 Å². The van der Waals surface area contributed by atoms with Gasteiger partial charge >= 0.3 is 12.1 Å². The number of nitrogens with two attached hydrogens (primary N) is 1. The van der Waals surface area contributed by atoms with Crippen molar-refractivity contribution < 1.29 is 27.5 Å². The molecule has 0 radical (unpaired) electrons. The van der Waals surface area contributed by atoms with Crippen molar-refractivity contribution in [1.82, 2.24) is 4.90 Å². The molecule has 0 amide bonds. The van der Waals surface area contributed by atoms with Gasteiger partial charge in [-0.3, -0.25) is 4.90 Å². The normalized spacial score (nSPS) is 25.3. The fourth-order valence-corrected chi connectivity index (χ4v) is 1.56. The molecule has 2 unspecified atom stereocenters. The maximum atomic E-state index is 11.9. The lowest BCUT2D eigenvalue weighted by Gasteiger charge is -2.18. The van der Waals surface area contributed by atoms with Gasteiger partial charge in [-0.1, -0.05) is 0 Å². The van der Waals surface area contributed by atoms with Crippen LogP contribution in [0, 0.1) is 0 Å². The second-order valence-electron chi connectivity index (χ2n) is 3.83. The number of halogens is 4. The first-order valence-corrected chi connectivity index (χ1v) is 5.04. The average molecular weight is 260 g/mol. The smallest absolute Gasteiger partial charge is 0.475 e. The van der Waals surface area contributed by atoms with E-state index >= 15 is 0 Å². The molecule has 1 saturated heterocycles. The number of hydrogen-bond acceptors (Lipinski definition) is 3. The summed E-state index contributed by atoms with van der Waals surface area (Å²) in [6.07, 6.45) is -4.07. The van der Waals surface area contributed by atoms with Gasteiger partial charge in [-0.2, -0.15) is 13.2 Å². The van der Waals surface area contributed by atoms with Crippen molar-refractivity contribution in [1.29, 1.82) is 0 Å². The predicted octanol–water partition coefficient (Wildman–Crippen LogP) is 1.01. The third-order valence-corrected chi connectivity index (χ3v) is 2.35. The second-order valence-corrected chi connectivity index (χ2v) is 3.83. The summed E-state index contributed by atoms with van der Waals surface area (Å²) in [7, 11) is 0. The van der Waals surface area contributed by atoms with Gasteiger partial charge in [-0.15, -0.1) is 0 Å². The minimum Gasteiger partial charge on any atom is -0.475 e. The maximum Gasteiger partial charge on any atom is 0.490 e. The van der Waals surface area contributed by atoms with Crippen molar-refractivity contribution in [2.45, 2.75) is 31.6 Å². The van der Waals surface area contributed by atoms with Crippen LogP contribution in [0.2, 0.25) is 0 Å². The van der Waals surface area contributed by atoms with E-state index in [1.807, 2.05) is 0 Å². The van der Waals surface area contributed by atoms with E-state index in [-0.39, 0.29) is 12.7 Å². The number of carboxylic acid groups (broad SMARTS) is 1. The number of carboxylic acids is 1. The Kier molecular flexibility index (Phi) is 6.40. The third-order valence-electron chi connectivity index (χ3n) is 2.35. The van der Waals surface area contributed by atoms with Gasteiger partial charge < -0.3 is 10.8 Å². The van der Waals surface area contributed by atoms with Gasteiger partial charge in [0.2, 0.25) is 0 Å². The molecule has 2 atom stereocenters. The van der Waals surface area contributed by atoms with Gasteiger partial charge in [-0.25, -0.2) is 9.18 Å². The van der Waals surface area contributed by atoms with Crippen molar-refractivity contribution >= 4 is 5.97 Å². The van der Waals surface area contributed by atoms with Gasteiger partial charge in [0, 0.05) is 25.2 Å². The summed E-state index contributed by atoms with van der Waals surface area (Å²) >= 11 is 0. The number of hydrogen-bond donors (Lipinski definition) is 2. The number of likely N-dealkylation sites (tertiary alicyclic amines) is 1. The molecule has 0 aliphatic carbocycles. The van der Waals surface area contributed by atoms with E-state index in [9.17, 15) is 17.6 Å². The lowest BCUT2D eigenvalue weighted by molar-refractivity contribution is -0.192. The SMILES string of the molecule is CC1CC(N)CN1CCF.O=C(O)C(F)(F)F. The van der Waals surface area contributed by atoms with Gasteiger partial charge in [0.1, 0.15) is 6.67 Å². The van der Waals surface area contributed by atoms with Gasteiger partial charge in [-0.05, 0) is 13.3 Å². The van der Waals surface area contributed by atoms with E-state index in [0.29, 0.717) is 12.6 Å². The minimum absolute atomic E-state index is 0.253. The first kappa shape index (κ1) is 16.1. The largest absolute Gasteiger partial charge is 0.490 e. The molecule has 1 aliphatic rings. The van der Waals surface area contributed by atoms with Crippen LogP contribution < -0.4 is 5.73 Å². The molecule has 0 aromatic carbocycles. The highest BCUT2D eigenvalue weighted by molar-refractivity contribution is 5.73. The average Bonchev–Trinajstić information content (AvgIpc) is 2.45. The fraction of sp³-hybridized carbons (Fsp3) is 0.889. The highest BCUT2D eigenvalue weighted by Gasteiger charge is 2.38. The van der Waals surface area contributed by atoms with E-state index < -0.39 is 12.1 Å². The van der Waals surface area contributed by atoms with Crippen molar-refractivity contribution in [3.05, 3.63) is 0 Å². The quantitative estimate of drug-likeness (QED) is 0.727. The van der Waals surface area contributed by atoms with E-state index in [1.165, 1.54) is 0 Å². The Bertz CT molecular complexity index is 248. The van der Waals surface area contributed by atoms with Gasteiger partial charge in [0.05, 0.1) is 0 Å². The highest BCUT2D eigenvalue weighted by atomic mass is 19.4. The third kappa shape index (κ3) is 6.42. The number of aliphatic carboxylic acids is 1. The minimum atomic E-state index is -5.08.